The number of hydrogen-bond donors (Lipinski definition) is 3. The fraction of sp³-hybridized carbons (Fsp3) is 0.222. The van der Waals surface area contributed by atoms with Gasteiger partial charge in [-0.2, -0.15) is 5.10 Å². The molecule has 1 aromatic carbocycles. The van der Waals surface area contributed by atoms with Crippen molar-refractivity contribution in [1.82, 2.24) is 20.5 Å². The third-order valence-corrected chi connectivity index (χ3v) is 3.97. The first-order valence-corrected chi connectivity index (χ1v) is 7.95. The number of nitrogens with zero attached hydrogens (tertiary/aromatic N) is 2. The van der Waals surface area contributed by atoms with Crippen LogP contribution in [0.15, 0.2) is 36.5 Å². The highest BCUT2D eigenvalue weighted by molar-refractivity contribution is 6.01. The van der Waals surface area contributed by atoms with E-state index in [0.717, 1.165) is 22.3 Å². The fourth-order valence-electron chi connectivity index (χ4n) is 2.64. The molecule has 2 aromatic heterocycles. The molecule has 0 aliphatic carbocycles. The van der Waals surface area contributed by atoms with Crippen molar-refractivity contribution in [1.29, 1.82) is 0 Å². The molecule has 0 spiro atoms. The summed E-state index contributed by atoms with van der Waals surface area (Å²) in [6.45, 7) is 3.60. The van der Waals surface area contributed by atoms with Gasteiger partial charge in [-0.05, 0) is 26.0 Å². The number of rotatable bonds is 5. The molecule has 0 fully saturated rings. The molecule has 0 bridgehead atoms. The van der Waals surface area contributed by atoms with Crippen LogP contribution in [-0.4, -0.2) is 33.5 Å². The normalized spacial score (nSPS) is 10.6. The van der Waals surface area contributed by atoms with Crippen LogP contribution in [0, 0.1) is 13.8 Å². The predicted octanol–water partition coefficient (Wildman–Crippen LogP) is 1.87. The third-order valence-electron chi connectivity index (χ3n) is 3.97. The largest absolute Gasteiger partial charge is 0.347 e. The standard InChI is InChI=1S/C18H19N5O2/c1-11-14(12(2)23-22-11)9-16(24)20-10-17(25)21-15-7-3-5-13-6-4-8-19-18(13)15/h3-8H,9-10H2,1-2H3,(H,20,24)(H,21,25)(H,22,23). The van der Waals surface area contributed by atoms with Gasteiger partial charge in [0.15, 0.2) is 0 Å². The SMILES string of the molecule is Cc1n[nH]c(C)c1CC(=O)NCC(=O)Nc1cccc2cccnc12. The van der Waals surface area contributed by atoms with E-state index in [1.54, 1.807) is 12.3 Å². The zero-order valence-electron chi connectivity index (χ0n) is 14.1. The summed E-state index contributed by atoms with van der Waals surface area (Å²) in [4.78, 5) is 28.5. The Morgan fingerprint density at radius 1 is 1.12 bits per heavy atom. The van der Waals surface area contributed by atoms with E-state index in [2.05, 4.69) is 25.8 Å². The van der Waals surface area contributed by atoms with Crippen LogP contribution in [0.5, 0.6) is 0 Å². The summed E-state index contributed by atoms with van der Waals surface area (Å²) in [6, 6.07) is 9.33. The first-order chi connectivity index (χ1) is 12.0. The molecule has 0 saturated heterocycles. The maximum Gasteiger partial charge on any atom is 0.243 e. The number of carbonyl (C=O) groups is 2. The van der Waals surface area contributed by atoms with Crippen LogP contribution in [0.2, 0.25) is 0 Å². The number of aromatic amines is 1. The lowest BCUT2D eigenvalue weighted by Crippen LogP contribution is -2.34. The van der Waals surface area contributed by atoms with Crippen molar-refractivity contribution in [3.05, 3.63) is 53.5 Å². The highest BCUT2D eigenvalue weighted by Gasteiger charge is 2.13. The summed E-state index contributed by atoms with van der Waals surface area (Å²) < 4.78 is 0. The number of anilines is 1. The van der Waals surface area contributed by atoms with Gasteiger partial charge in [0.25, 0.3) is 0 Å². The molecule has 0 aliphatic heterocycles. The van der Waals surface area contributed by atoms with Crippen molar-refractivity contribution in [2.24, 2.45) is 0 Å². The van der Waals surface area contributed by atoms with E-state index in [4.69, 9.17) is 0 Å². The molecule has 7 nitrogen and oxygen atoms in total. The van der Waals surface area contributed by atoms with Gasteiger partial charge in [0.2, 0.25) is 11.8 Å². The zero-order chi connectivity index (χ0) is 17.8. The van der Waals surface area contributed by atoms with Crippen molar-refractivity contribution in [2.45, 2.75) is 20.3 Å². The Kier molecular flexibility index (Phi) is 4.74. The number of para-hydroxylation sites is 1. The van der Waals surface area contributed by atoms with E-state index >= 15 is 0 Å². The van der Waals surface area contributed by atoms with Gasteiger partial charge in [-0.1, -0.05) is 18.2 Å². The van der Waals surface area contributed by atoms with Gasteiger partial charge in [0.1, 0.15) is 0 Å². The minimum Gasteiger partial charge on any atom is -0.347 e. The van der Waals surface area contributed by atoms with Crippen molar-refractivity contribution >= 4 is 28.4 Å². The number of carbonyl (C=O) groups excluding carboxylic acids is 2. The molecule has 3 N–H and O–H groups in total. The highest BCUT2D eigenvalue weighted by atomic mass is 16.2. The first-order valence-electron chi connectivity index (χ1n) is 7.95. The van der Waals surface area contributed by atoms with Crippen LogP contribution in [-0.2, 0) is 16.0 Å². The van der Waals surface area contributed by atoms with E-state index < -0.39 is 0 Å². The molecule has 25 heavy (non-hydrogen) atoms. The Balaban J connectivity index is 1.58. The van der Waals surface area contributed by atoms with Gasteiger partial charge in [0, 0.05) is 22.8 Å². The molecular weight excluding hydrogens is 318 g/mol. The lowest BCUT2D eigenvalue weighted by Gasteiger charge is -2.09. The van der Waals surface area contributed by atoms with Gasteiger partial charge in [-0.3, -0.25) is 19.7 Å². The summed E-state index contributed by atoms with van der Waals surface area (Å²) in [5.41, 5.74) is 3.85. The average molecular weight is 337 g/mol. The van der Waals surface area contributed by atoms with Gasteiger partial charge < -0.3 is 10.6 Å². The van der Waals surface area contributed by atoms with Crippen molar-refractivity contribution in [3.8, 4) is 0 Å². The Morgan fingerprint density at radius 3 is 2.68 bits per heavy atom. The number of aromatic nitrogens is 3. The maximum atomic E-state index is 12.1. The molecule has 2 heterocycles. The molecule has 0 radical (unpaired) electrons. The van der Waals surface area contributed by atoms with Crippen LogP contribution in [0.1, 0.15) is 17.0 Å². The summed E-state index contributed by atoms with van der Waals surface area (Å²) in [5, 5.41) is 13.3. The lowest BCUT2D eigenvalue weighted by atomic mass is 10.1. The van der Waals surface area contributed by atoms with Gasteiger partial charge in [0.05, 0.1) is 29.9 Å². The molecule has 0 unspecified atom stereocenters. The van der Waals surface area contributed by atoms with E-state index in [9.17, 15) is 9.59 Å². The quantitative estimate of drug-likeness (QED) is 0.662. The number of nitrogens with one attached hydrogen (secondary N) is 3. The molecule has 3 aromatic rings. The second-order valence-corrected chi connectivity index (χ2v) is 5.79. The maximum absolute atomic E-state index is 12.1. The number of aryl methyl sites for hydroxylation is 2. The van der Waals surface area contributed by atoms with E-state index in [-0.39, 0.29) is 24.8 Å². The molecular formula is C18H19N5O2. The monoisotopic (exact) mass is 337 g/mol. The minimum atomic E-state index is -0.299. The summed E-state index contributed by atoms with van der Waals surface area (Å²) >= 11 is 0. The number of hydrogen-bond acceptors (Lipinski definition) is 4. The second kappa shape index (κ2) is 7.12. The average Bonchev–Trinajstić information content (AvgIpc) is 2.92. The number of fused-ring (bicyclic) bond motifs is 1. The predicted molar refractivity (Wildman–Crippen MR) is 95.1 cm³/mol. The first kappa shape index (κ1) is 16.6. The summed E-state index contributed by atoms with van der Waals surface area (Å²) in [7, 11) is 0. The molecule has 3 rings (SSSR count). The summed E-state index contributed by atoms with van der Waals surface area (Å²) in [6.07, 6.45) is 1.87. The van der Waals surface area contributed by atoms with Crippen LogP contribution in [0.3, 0.4) is 0 Å². The van der Waals surface area contributed by atoms with Crippen molar-refractivity contribution in [3.63, 3.8) is 0 Å². The Morgan fingerprint density at radius 2 is 1.92 bits per heavy atom. The second-order valence-electron chi connectivity index (χ2n) is 5.79. The lowest BCUT2D eigenvalue weighted by molar-refractivity contribution is -0.123. The third kappa shape index (κ3) is 3.82. The number of pyridine rings is 1. The molecule has 2 amide bonds. The minimum absolute atomic E-state index is 0.0992. The molecule has 7 heteroatoms. The van der Waals surface area contributed by atoms with Crippen LogP contribution in [0.4, 0.5) is 5.69 Å². The molecule has 0 atom stereocenters. The van der Waals surface area contributed by atoms with Crippen LogP contribution >= 0.6 is 0 Å². The molecule has 0 saturated carbocycles. The van der Waals surface area contributed by atoms with E-state index in [0.29, 0.717) is 11.2 Å². The molecule has 0 aliphatic rings. The Hall–Kier alpha value is -3.22. The smallest absolute Gasteiger partial charge is 0.243 e. The van der Waals surface area contributed by atoms with Crippen LogP contribution in [0.25, 0.3) is 10.9 Å². The van der Waals surface area contributed by atoms with Gasteiger partial charge >= 0.3 is 0 Å². The highest BCUT2D eigenvalue weighted by Crippen LogP contribution is 2.20. The topological polar surface area (TPSA) is 99.8 Å². The summed E-state index contributed by atoms with van der Waals surface area (Å²) in [5.74, 6) is -0.522. The Bertz CT molecular complexity index is 907. The number of H-pyrrole nitrogens is 1. The van der Waals surface area contributed by atoms with E-state index in [1.165, 1.54) is 0 Å². The van der Waals surface area contributed by atoms with Crippen LogP contribution < -0.4 is 10.6 Å². The molecule has 128 valence electrons. The zero-order valence-corrected chi connectivity index (χ0v) is 14.1. The number of benzene rings is 1. The van der Waals surface area contributed by atoms with Crippen molar-refractivity contribution in [2.75, 3.05) is 11.9 Å². The van der Waals surface area contributed by atoms with Crippen molar-refractivity contribution < 1.29 is 9.59 Å². The Labute approximate surface area is 144 Å². The van der Waals surface area contributed by atoms with Gasteiger partial charge in [-0.15, -0.1) is 0 Å². The van der Waals surface area contributed by atoms with E-state index in [1.807, 2.05) is 38.1 Å². The van der Waals surface area contributed by atoms with Gasteiger partial charge in [-0.25, -0.2) is 0 Å². The number of amides is 2. The fourth-order valence-corrected chi connectivity index (χ4v) is 2.64.